The molecule has 3 aromatic heterocycles. The van der Waals surface area contributed by atoms with Crippen molar-refractivity contribution in [3.05, 3.63) is 58.6 Å². The normalized spacial score (nSPS) is 10.9. The highest BCUT2D eigenvalue weighted by molar-refractivity contribution is 8.00. The van der Waals surface area contributed by atoms with Crippen LogP contribution in [0.15, 0.2) is 56.7 Å². The summed E-state index contributed by atoms with van der Waals surface area (Å²) in [5.41, 5.74) is 0.945. The lowest BCUT2D eigenvalue weighted by Crippen LogP contribution is -2.03. The number of nitrogens with one attached hydrogen (secondary N) is 1. The van der Waals surface area contributed by atoms with Crippen molar-refractivity contribution >= 4 is 39.6 Å². The van der Waals surface area contributed by atoms with Crippen LogP contribution in [-0.2, 0) is 12.2 Å². The molecule has 0 amide bonds. The Morgan fingerprint density at radius 3 is 2.85 bits per heavy atom. The quantitative estimate of drug-likeness (QED) is 0.432. The lowest BCUT2D eigenvalue weighted by atomic mass is 10.2. The Bertz CT molecular complexity index is 936. The van der Waals surface area contributed by atoms with Crippen LogP contribution in [0.2, 0.25) is 0 Å². The van der Waals surface area contributed by atoms with E-state index in [4.69, 9.17) is 4.52 Å². The zero-order valence-corrected chi connectivity index (χ0v) is 16.1. The highest BCUT2D eigenvalue weighted by atomic mass is 32.2. The Kier molecular flexibility index (Phi) is 5.58. The molecule has 0 saturated heterocycles. The number of nitrogens with zero attached hydrogens (tertiary/aromatic N) is 4. The van der Waals surface area contributed by atoms with Crippen LogP contribution < -0.4 is 5.32 Å². The van der Waals surface area contributed by atoms with Crippen molar-refractivity contribution in [2.75, 3.05) is 11.9 Å². The molecule has 0 aliphatic carbocycles. The summed E-state index contributed by atoms with van der Waals surface area (Å²) in [6, 6.07) is 14.0. The van der Waals surface area contributed by atoms with Crippen LogP contribution >= 0.6 is 34.4 Å². The van der Waals surface area contributed by atoms with Crippen molar-refractivity contribution in [3.63, 3.8) is 0 Å². The maximum Gasteiger partial charge on any atom is 0.237 e. The first kappa shape index (κ1) is 17.2. The van der Waals surface area contributed by atoms with E-state index in [2.05, 4.69) is 43.2 Å². The van der Waals surface area contributed by atoms with Gasteiger partial charge in [0.05, 0.1) is 5.75 Å². The molecule has 1 aromatic carbocycles. The van der Waals surface area contributed by atoms with Gasteiger partial charge in [-0.05, 0) is 17.9 Å². The SMILES string of the molecule is c1ccc(-c2noc(CSc3nnc(NCCc4cccs4)s3)n2)cc1. The third kappa shape index (κ3) is 4.48. The largest absolute Gasteiger partial charge is 0.360 e. The second-order valence-corrected chi connectivity index (χ2v) is 8.53. The molecule has 3 heterocycles. The molecule has 0 bridgehead atoms. The number of hydrogen-bond acceptors (Lipinski definition) is 9. The second kappa shape index (κ2) is 8.43. The molecule has 0 unspecified atom stereocenters. The minimum absolute atomic E-state index is 0.573. The molecule has 0 fully saturated rings. The first-order chi connectivity index (χ1) is 12.9. The van der Waals surface area contributed by atoms with E-state index in [-0.39, 0.29) is 0 Å². The molecule has 1 N–H and O–H groups in total. The Morgan fingerprint density at radius 2 is 2.00 bits per heavy atom. The van der Waals surface area contributed by atoms with E-state index < -0.39 is 0 Å². The van der Waals surface area contributed by atoms with Crippen molar-refractivity contribution in [2.45, 2.75) is 16.5 Å². The number of anilines is 1. The molecule has 132 valence electrons. The van der Waals surface area contributed by atoms with E-state index in [9.17, 15) is 0 Å². The Balaban J connectivity index is 1.27. The van der Waals surface area contributed by atoms with Gasteiger partial charge in [0.1, 0.15) is 0 Å². The van der Waals surface area contributed by atoms with Gasteiger partial charge < -0.3 is 9.84 Å². The van der Waals surface area contributed by atoms with Crippen molar-refractivity contribution in [1.82, 2.24) is 20.3 Å². The Hall–Kier alpha value is -2.23. The van der Waals surface area contributed by atoms with Crippen LogP contribution in [0.25, 0.3) is 11.4 Å². The molecule has 0 atom stereocenters. The van der Waals surface area contributed by atoms with Crippen LogP contribution in [0, 0.1) is 0 Å². The summed E-state index contributed by atoms with van der Waals surface area (Å²) in [5.74, 6) is 1.76. The van der Waals surface area contributed by atoms with Crippen molar-refractivity contribution in [2.24, 2.45) is 0 Å². The zero-order valence-electron chi connectivity index (χ0n) is 13.7. The molecule has 4 aromatic rings. The van der Waals surface area contributed by atoms with Gasteiger partial charge in [-0.2, -0.15) is 4.98 Å². The predicted octanol–water partition coefficient (Wildman–Crippen LogP) is 4.60. The zero-order chi connectivity index (χ0) is 17.6. The van der Waals surface area contributed by atoms with E-state index in [1.165, 1.54) is 16.2 Å². The highest BCUT2D eigenvalue weighted by Crippen LogP contribution is 2.28. The standard InChI is InChI=1S/C17H15N5OS3/c1-2-5-12(6-3-1)15-19-14(23-22-15)11-25-17-21-20-16(26-17)18-9-8-13-7-4-10-24-13/h1-7,10H,8-9,11H2,(H,18,20). The van der Waals surface area contributed by atoms with E-state index in [0.29, 0.717) is 17.5 Å². The molecular weight excluding hydrogens is 386 g/mol. The fraction of sp³-hybridized carbons (Fsp3) is 0.176. The average Bonchev–Trinajstić information content (AvgIpc) is 3.43. The van der Waals surface area contributed by atoms with Crippen molar-refractivity contribution < 1.29 is 4.52 Å². The van der Waals surface area contributed by atoms with Crippen LogP contribution in [-0.4, -0.2) is 26.9 Å². The Labute approximate surface area is 162 Å². The lowest BCUT2D eigenvalue weighted by Gasteiger charge is -1.98. The van der Waals surface area contributed by atoms with Gasteiger partial charge in [0.2, 0.25) is 16.8 Å². The third-order valence-corrected chi connectivity index (χ3v) is 6.39. The summed E-state index contributed by atoms with van der Waals surface area (Å²) >= 11 is 4.85. The van der Waals surface area contributed by atoms with Gasteiger partial charge in [0.15, 0.2) is 4.34 Å². The smallest absolute Gasteiger partial charge is 0.237 e. The first-order valence-electron chi connectivity index (χ1n) is 7.97. The molecule has 0 aliphatic rings. The number of thioether (sulfide) groups is 1. The second-order valence-electron chi connectivity index (χ2n) is 5.30. The van der Waals surface area contributed by atoms with Gasteiger partial charge in [-0.15, -0.1) is 21.5 Å². The molecule has 26 heavy (non-hydrogen) atoms. The first-order valence-corrected chi connectivity index (χ1v) is 10.7. The van der Waals surface area contributed by atoms with Gasteiger partial charge >= 0.3 is 0 Å². The molecule has 0 aliphatic heterocycles. The fourth-order valence-corrected chi connectivity index (χ4v) is 4.55. The van der Waals surface area contributed by atoms with Gasteiger partial charge in [-0.3, -0.25) is 0 Å². The lowest BCUT2D eigenvalue weighted by molar-refractivity contribution is 0.391. The maximum absolute atomic E-state index is 5.31. The summed E-state index contributed by atoms with van der Waals surface area (Å²) in [7, 11) is 0. The van der Waals surface area contributed by atoms with E-state index in [0.717, 1.165) is 28.0 Å². The molecule has 0 saturated carbocycles. The number of hydrogen-bond donors (Lipinski definition) is 1. The third-order valence-electron chi connectivity index (χ3n) is 3.45. The topological polar surface area (TPSA) is 76.7 Å². The van der Waals surface area contributed by atoms with Gasteiger partial charge in [0.25, 0.3) is 0 Å². The molecule has 0 radical (unpaired) electrons. The van der Waals surface area contributed by atoms with Gasteiger partial charge in [-0.25, -0.2) is 0 Å². The van der Waals surface area contributed by atoms with Gasteiger partial charge in [-0.1, -0.05) is 64.7 Å². The number of benzene rings is 1. The monoisotopic (exact) mass is 401 g/mol. The van der Waals surface area contributed by atoms with Crippen molar-refractivity contribution in [1.29, 1.82) is 0 Å². The van der Waals surface area contributed by atoms with Crippen LogP contribution in [0.1, 0.15) is 10.8 Å². The fourth-order valence-electron chi connectivity index (χ4n) is 2.23. The highest BCUT2D eigenvalue weighted by Gasteiger charge is 2.11. The molecular formula is C17H15N5OS3. The number of aromatic nitrogens is 4. The predicted molar refractivity (Wildman–Crippen MR) is 106 cm³/mol. The van der Waals surface area contributed by atoms with Gasteiger partial charge in [0, 0.05) is 17.0 Å². The number of rotatable bonds is 8. The average molecular weight is 402 g/mol. The summed E-state index contributed by atoms with van der Waals surface area (Å²) in [6.45, 7) is 0.851. The minimum Gasteiger partial charge on any atom is -0.360 e. The van der Waals surface area contributed by atoms with E-state index >= 15 is 0 Å². The molecule has 6 nitrogen and oxygen atoms in total. The molecule has 9 heteroatoms. The number of thiophene rings is 1. The Morgan fingerprint density at radius 1 is 1.08 bits per heavy atom. The van der Waals surface area contributed by atoms with Crippen LogP contribution in [0.4, 0.5) is 5.13 Å². The minimum atomic E-state index is 0.573. The van der Waals surface area contributed by atoms with Crippen LogP contribution in [0.5, 0.6) is 0 Å². The summed E-state index contributed by atoms with van der Waals surface area (Å²) in [5, 5.41) is 18.6. The molecule has 0 spiro atoms. The van der Waals surface area contributed by atoms with E-state index in [1.807, 2.05) is 30.3 Å². The summed E-state index contributed by atoms with van der Waals surface area (Å²) in [6.07, 6.45) is 0.990. The van der Waals surface area contributed by atoms with E-state index in [1.54, 1.807) is 23.1 Å². The van der Waals surface area contributed by atoms with Crippen molar-refractivity contribution in [3.8, 4) is 11.4 Å². The maximum atomic E-state index is 5.31. The molecule has 4 rings (SSSR count). The van der Waals surface area contributed by atoms with Crippen LogP contribution in [0.3, 0.4) is 0 Å². The summed E-state index contributed by atoms with van der Waals surface area (Å²) in [4.78, 5) is 5.79. The summed E-state index contributed by atoms with van der Waals surface area (Å²) < 4.78 is 6.19.